The van der Waals surface area contributed by atoms with Crippen LogP contribution >= 0.6 is 0 Å². The van der Waals surface area contributed by atoms with Gasteiger partial charge in [-0.3, -0.25) is 11.3 Å². The molecule has 0 heterocycles. The van der Waals surface area contributed by atoms with Gasteiger partial charge in [-0.15, -0.1) is 0 Å². The lowest BCUT2D eigenvalue weighted by Crippen LogP contribution is -2.31. The molecule has 0 saturated carbocycles. The number of hydrogen-bond acceptors (Lipinski definition) is 3. The van der Waals surface area contributed by atoms with Crippen LogP contribution in [0.15, 0.2) is 24.3 Å². The van der Waals surface area contributed by atoms with Crippen molar-refractivity contribution in [3.05, 3.63) is 35.4 Å². The molecule has 1 rings (SSSR count). The van der Waals surface area contributed by atoms with Gasteiger partial charge in [0.2, 0.25) is 0 Å². The maximum Gasteiger partial charge on any atom is 0.416 e. The summed E-state index contributed by atoms with van der Waals surface area (Å²) in [7, 11) is 0. The first-order valence-corrected chi connectivity index (χ1v) is 5.84. The van der Waals surface area contributed by atoms with Crippen LogP contribution in [0.2, 0.25) is 0 Å². The molecule has 0 amide bonds. The lowest BCUT2D eigenvalue weighted by atomic mass is 9.98. The van der Waals surface area contributed by atoms with Crippen molar-refractivity contribution in [3.8, 4) is 0 Å². The van der Waals surface area contributed by atoms with Crippen LogP contribution in [-0.2, 0) is 10.9 Å². The Balaban J connectivity index is 2.75. The second kappa shape index (κ2) is 7.51. The molecule has 114 valence electrons. The van der Waals surface area contributed by atoms with E-state index in [9.17, 15) is 22.0 Å². The normalized spacial score (nSPS) is 13.8. The summed E-state index contributed by atoms with van der Waals surface area (Å²) in [4.78, 5) is 0. The van der Waals surface area contributed by atoms with E-state index in [1.54, 1.807) is 0 Å². The van der Waals surface area contributed by atoms with E-state index in [1.165, 1.54) is 18.2 Å². The third-order valence-corrected chi connectivity index (χ3v) is 2.64. The smallest absolute Gasteiger partial charge is 0.375 e. The lowest BCUT2D eigenvalue weighted by molar-refractivity contribution is -0.138. The highest BCUT2D eigenvalue weighted by Gasteiger charge is 2.34. The lowest BCUT2D eigenvalue weighted by Gasteiger charge is -2.21. The minimum Gasteiger partial charge on any atom is -0.375 e. The molecule has 3 N–H and O–H groups in total. The van der Waals surface area contributed by atoms with E-state index in [0.717, 1.165) is 6.07 Å². The molecule has 0 aliphatic rings. The zero-order valence-corrected chi connectivity index (χ0v) is 10.5. The van der Waals surface area contributed by atoms with Gasteiger partial charge in [-0.1, -0.05) is 18.2 Å². The van der Waals surface area contributed by atoms with Gasteiger partial charge in [0.15, 0.2) is 0 Å². The van der Waals surface area contributed by atoms with Gasteiger partial charge in [-0.05, 0) is 18.1 Å². The largest absolute Gasteiger partial charge is 0.416 e. The zero-order chi connectivity index (χ0) is 15.2. The van der Waals surface area contributed by atoms with Gasteiger partial charge in [-0.2, -0.15) is 13.2 Å². The Morgan fingerprint density at radius 1 is 1.20 bits per heavy atom. The molecule has 1 aromatic carbocycles. The standard InChI is InChI=1S/C12H15F5N2O/c13-11(14)7-20-6-5-10(19-18)8-3-1-2-4-9(8)12(15,16)17/h1-4,10-11,19H,5-7,18H2. The van der Waals surface area contributed by atoms with Crippen LogP contribution in [0.4, 0.5) is 22.0 Å². The van der Waals surface area contributed by atoms with E-state index < -0.39 is 30.8 Å². The maximum atomic E-state index is 12.8. The van der Waals surface area contributed by atoms with Crippen molar-refractivity contribution in [2.75, 3.05) is 13.2 Å². The predicted octanol–water partition coefficient (Wildman–Crippen LogP) is 2.88. The SMILES string of the molecule is NNC(CCOCC(F)F)c1ccccc1C(F)(F)F. The summed E-state index contributed by atoms with van der Waals surface area (Å²) < 4.78 is 66.9. The molecular weight excluding hydrogens is 283 g/mol. The van der Waals surface area contributed by atoms with Crippen LogP contribution in [0.3, 0.4) is 0 Å². The minimum absolute atomic E-state index is 0.0388. The first-order valence-electron chi connectivity index (χ1n) is 5.84. The molecule has 0 bridgehead atoms. The second-order valence-electron chi connectivity index (χ2n) is 4.06. The number of ether oxygens (including phenoxy) is 1. The van der Waals surface area contributed by atoms with Crippen molar-refractivity contribution in [3.63, 3.8) is 0 Å². The Morgan fingerprint density at radius 2 is 1.85 bits per heavy atom. The Kier molecular flexibility index (Phi) is 6.31. The van der Waals surface area contributed by atoms with Crippen LogP contribution in [0, 0.1) is 0 Å². The topological polar surface area (TPSA) is 47.3 Å². The van der Waals surface area contributed by atoms with Crippen molar-refractivity contribution in [2.45, 2.75) is 25.1 Å². The molecule has 3 nitrogen and oxygen atoms in total. The Hall–Kier alpha value is -1.25. The molecule has 0 aliphatic heterocycles. The highest BCUT2D eigenvalue weighted by Crippen LogP contribution is 2.35. The summed E-state index contributed by atoms with van der Waals surface area (Å²) >= 11 is 0. The van der Waals surface area contributed by atoms with Gasteiger partial charge in [0.1, 0.15) is 6.61 Å². The van der Waals surface area contributed by atoms with Crippen LogP contribution in [0.1, 0.15) is 23.6 Å². The van der Waals surface area contributed by atoms with Crippen LogP contribution in [-0.4, -0.2) is 19.6 Å². The molecule has 1 aromatic rings. The van der Waals surface area contributed by atoms with Gasteiger partial charge in [0.05, 0.1) is 5.56 Å². The number of halogens is 5. The fourth-order valence-corrected chi connectivity index (χ4v) is 1.76. The van der Waals surface area contributed by atoms with Gasteiger partial charge >= 0.3 is 6.18 Å². The summed E-state index contributed by atoms with van der Waals surface area (Å²) in [5.74, 6) is 5.24. The van der Waals surface area contributed by atoms with Gasteiger partial charge < -0.3 is 4.74 Å². The van der Waals surface area contributed by atoms with Gasteiger partial charge in [0, 0.05) is 12.6 Å². The van der Waals surface area contributed by atoms with E-state index in [0.29, 0.717) is 0 Å². The van der Waals surface area contributed by atoms with E-state index in [-0.39, 0.29) is 18.6 Å². The number of nitrogens with two attached hydrogens (primary N) is 1. The Morgan fingerprint density at radius 3 is 2.40 bits per heavy atom. The van der Waals surface area contributed by atoms with E-state index >= 15 is 0 Å². The molecule has 0 spiro atoms. The Labute approximate surface area is 112 Å². The molecule has 8 heteroatoms. The van der Waals surface area contributed by atoms with Crippen LogP contribution in [0.5, 0.6) is 0 Å². The van der Waals surface area contributed by atoms with Crippen molar-refractivity contribution < 1.29 is 26.7 Å². The first-order chi connectivity index (χ1) is 9.36. The molecular formula is C12H15F5N2O. The van der Waals surface area contributed by atoms with Crippen molar-refractivity contribution in [1.29, 1.82) is 0 Å². The van der Waals surface area contributed by atoms with Gasteiger partial charge in [-0.25, -0.2) is 8.78 Å². The van der Waals surface area contributed by atoms with Gasteiger partial charge in [0.25, 0.3) is 6.43 Å². The van der Waals surface area contributed by atoms with Crippen molar-refractivity contribution in [2.24, 2.45) is 5.84 Å². The Bertz CT molecular complexity index is 411. The molecule has 1 atom stereocenters. The third-order valence-electron chi connectivity index (χ3n) is 2.64. The number of nitrogens with one attached hydrogen (secondary N) is 1. The summed E-state index contributed by atoms with van der Waals surface area (Å²) in [5.41, 5.74) is 1.40. The minimum atomic E-state index is -4.50. The number of hydrazine groups is 1. The molecule has 0 radical (unpaired) electrons. The summed E-state index contributed by atoms with van der Waals surface area (Å²) in [6.45, 7) is -0.871. The molecule has 0 aromatic heterocycles. The van der Waals surface area contributed by atoms with Crippen molar-refractivity contribution in [1.82, 2.24) is 5.43 Å². The number of alkyl halides is 5. The fourth-order valence-electron chi connectivity index (χ4n) is 1.76. The molecule has 20 heavy (non-hydrogen) atoms. The fraction of sp³-hybridized carbons (Fsp3) is 0.500. The molecule has 0 fully saturated rings. The monoisotopic (exact) mass is 298 g/mol. The van der Waals surface area contributed by atoms with Crippen LogP contribution in [0.25, 0.3) is 0 Å². The highest BCUT2D eigenvalue weighted by atomic mass is 19.4. The molecule has 1 unspecified atom stereocenters. The highest BCUT2D eigenvalue weighted by molar-refractivity contribution is 5.32. The maximum absolute atomic E-state index is 12.8. The summed E-state index contributed by atoms with van der Waals surface area (Å²) in [5, 5.41) is 0. The van der Waals surface area contributed by atoms with E-state index in [2.05, 4.69) is 10.2 Å². The zero-order valence-electron chi connectivity index (χ0n) is 10.5. The average Bonchev–Trinajstić information content (AvgIpc) is 2.37. The molecule has 0 aliphatic carbocycles. The van der Waals surface area contributed by atoms with E-state index in [4.69, 9.17) is 5.84 Å². The van der Waals surface area contributed by atoms with Crippen LogP contribution < -0.4 is 11.3 Å². The first kappa shape index (κ1) is 16.8. The second-order valence-corrected chi connectivity index (χ2v) is 4.06. The number of hydrogen-bond donors (Lipinski definition) is 2. The van der Waals surface area contributed by atoms with Crippen molar-refractivity contribution >= 4 is 0 Å². The number of benzene rings is 1. The quantitative estimate of drug-likeness (QED) is 0.352. The van der Waals surface area contributed by atoms with E-state index in [1.807, 2.05) is 0 Å². The average molecular weight is 298 g/mol. The summed E-state index contributed by atoms with van der Waals surface area (Å²) in [6, 6.07) is 4.13. The predicted molar refractivity (Wildman–Crippen MR) is 62.9 cm³/mol. The number of rotatable bonds is 7. The third kappa shape index (κ3) is 5.03. The molecule has 0 saturated heterocycles. The summed E-state index contributed by atoms with van der Waals surface area (Å²) in [6.07, 6.45) is -7.06.